The van der Waals surface area contributed by atoms with Gasteiger partial charge in [-0.3, -0.25) is 9.59 Å². The number of nitrogens with two attached hydrogens (primary N) is 1. The number of ether oxygens (including phenoxy) is 1. The van der Waals surface area contributed by atoms with Crippen LogP contribution in [0.25, 0.3) is 11.1 Å². The van der Waals surface area contributed by atoms with Gasteiger partial charge in [-0.05, 0) is 41.8 Å². The fraction of sp³-hybridized carbons (Fsp3) is 0.515. The molecule has 44 heavy (non-hydrogen) atoms. The molecule has 2 aliphatic heterocycles. The lowest BCUT2D eigenvalue weighted by atomic mass is 9.79. The van der Waals surface area contributed by atoms with Gasteiger partial charge in [0, 0.05) is 55.9 Å². The summed E-state index contributed by atoms with van der Waals surface area (Å²) in [6.45, 7) is 10.7. The van der Waals surface area contributed by atoms with E-state index < -0.39 is 29.8 Å². The van der Waals surface area contributed by atoms with Gasteiger partial charge in [-0.15, -0.1) is 0 Å². The van der Waals surface area contributed by atoms with Gasteiger partial charge in [0.05, 0.1) is 5.92 Å². The van der Waals surface area contributed by atoms with E-state index >= 15 is 8.78 Å². The molecule has 2 aromatic carbocycles. The molecule has 1 saturated heterocycles. The van der Waals surface area contributed by atoms with Crippen molar-refractivity contribution in [2.24, 2.45) is 11.7 Å². The first-order chi connectivity index (χ1) is 21.0. The molecule has 11 heteroatoms. The largest absolute Gasteiger partial charge is 0.481 e. The predicted molar refractivity (Wildman–Crippen MR) is 165 cm³/mol. The molecule has 238 valence electrons. The minimum absolute atomic E-state index is 0.112. The van der Waals surface area contributed by atoms with E-state index in [1.165, 1.54) is 0 Å². The Morgan fingerprint density at radius 1 is 1.07 bits per heavy atom. The molecule has 2 aliphatic rings. The van der Waals surface area contributed by atoms with Gasteiger partial charge in [-0.1, -0.05) is 64.4 Å². The molecule has 5 rings (SSSR count). The SMILES string of the molecule is CC.CCCC(CNC(=O)c1ccc(-c2ccc3c(c2)CC(F)(F)C2(CCN(c4nc(C(C)C)no4)CC2)O3)cc1)C(N)=O. The zero-order valence-corrected chi connectivity index (χ0v) is 26.2. The van der Waals surface area contributed by atoms with Crippen molar-refractivity contribution in [2.75, 3.05) is 24.5 Å². The van der Waals surface area contributed by atoms with Gasteiger partial charge in [0.25, 0.3) is 11.8 Å². The number of carbonyl (C=O) groups is 2. The van der Waals surface area contributed by atoms with Crippen molar-refractivity contribution in [3.63, 3.8) is 0 Å². The lowest BCUT2D eigenvalue weighted by Gasteiger charge is -2.48. The molecule has 0 radical (unpaired) electrons. The molecule has 1 unspecified atom stereocenters. The van der Waals surface area contributed by atoms with Crippen molar-refractivity contribution in [2.45, 2.75) is 84.2 Å². The van der Waals surface area contributed by atoms with Crippen molar-refractivity contribution in [1.29, 1.82) is 0 Å². The zero-order valence-electron chi connectivity index (χ0n) is 26.2. The second-order valence-corrected chi connectivity index (χ2v) is 11.6. The first kappa shape index (κ1) is 32.9. The summed E-state index contributed by atoms with van der Waals surface area (Å²) in [4.78, 5) is 30.4. The van der Waals surface area contributed by atoms with Crippen molar-refractivity contribution >= 4 is 17.8 Å². The topological polar surface area (TPSA) is 124 Å². The lowest BCUT2D eigenvalue weighted by molar-refractivity contribution is -0.185. The second-order valence-electron chi connectivity index (χ2n) is 11.6. The number of hydrogen-bond donors (Lipinski definition) is 2. The first-order valence-corrected chi connectivity index (χ1v) is 15.5. The second kappa shape index (κ2) is 13.7. The van der Waals surface area contributed by atoms with Gasteiger partial charge in [-0.25, -0.2) is 8.78 Å². The highest BCUT2D eigenvalue weighted by atomic mass is 19.3. The molecule has 3 heterocycles. The van der Waals surface area contributed by atoms with Gasteiger partial charge in [0.15, 0.2) is 11.4 Å². The summed E-state index contributed by atoms with van der Waals surface area (Å²) in [6.07, 6.45) is 1.23. The summed E-state index contributed by atoms with van der Waals surface area (Å²) >= 11 is 0. The van der Waals surface area contributed by atoms with Crippen molar-refractivity contribution in [3.8, 4) is 16.9 Å². The average molecular weight is 612 g/mol. The van der Waals surface area contributed by atoms with E-state index in [4.69, 9.17) is 15.0 Å². The fourth-order valence-electron chi connectivity index (χ4n) is 5.62. The Bertz CT molecular complexity index is 1430. The van der Waals surface area contributed by atoms with E-state index in [0.717, 1.165) is 17.5 Å². The van der Waals surface area contributed by atoms with Crippen molar-refractivity contribution in [1.82, 2.24) is 15.5 Å². The van der Waals surface area contributed by atoms with Gasteiger partial charge in [-0.2, -0.15) is 4.98 Å². The molecule has 0 bridgehead atoms. The van der Waals surface area contributed by atoms with Gasteiger partial charge in [0.1, 0.15) is 5.75 Å². The summed E-state index contributed by atoms with van der Waals surface area (Å²) in [5, 5.41) is 6.75. The molecule has 1 aromatic heterocycles. The number of aromatic nitrogens is 2. The number of fused-ring (bicyclic) bond motifs is 1. The summed E-state index contributed by atoms with van der Waals surface area (Å²) in [6, 6.07) is 12.6. The van der Waals surface area contributed by atoms with Crippen molar-refractivity contribution in [3.05, 3.63) is 59.4 Å². The third-order valence-electron chi connectivity index (χ3n) is 8.26. The van der Waals surface area contributed by atoms with E-state index in [1.807, 2.05) is 45.6 Å². The maximum absolute atomic E-state index is 15.7. The highest BCUT2D eigenvalue weighted by Crippen LogP contribution is 2.49. The minimum atomic E-state index is -3.06. The van der Waals surface area contributed by atoms with Crippen LogP contribution in [0.3, 0.4) is 0 Å². The van der Waals surface area contributed by atoms with Crippen LogP contribution < -0.4 is 20.7 Å². The Morgan fingerprint density at radius 3 is 2.32 bits per heavy atom. The number of alkyl halides is 2. The van der Waals surface area contributed by atoms with Gasteiger partial charge < -0.3 is 25.2 Å². The number of nitrogens with zero attached hydrogens (tertiary/aromatic N) is 3. The van der Waals surface area contributed by atoms with E-state index in [2.05, 4.69) is 15.5 Å². The summed E-state index contributed by atoms with van der Waals surface area (Å²) < 4.78 is 42.9. The van der Waals surface area contributed by atoms with E-state index in [0.29, 0.717) is 48.2 Å². The summed E-state index contributed by atoms with van der Waals surface area (Å²) in [5.74, 6) is -3.05. The number of carbonyl (C=O) groups excluding carboxylic acids is 2. The van der Waals surface area contributed by atoms with Crippen LogP contribution in [0.1, 0.15) is 88.0 Å². The van der Waals surface area contributed by atoms with Gasteiger partial charge in [0.2, 0.25) is 5.91 Å². The number of amides is 2. The number of rotatable bonds is 9. The van der Waals surface area contributed by atoms with Gasteiger partial charge >= 0.3 is 6.01 Å². The molecular weight excluding hydrogens is 568 g/mol. The predicted octanol–water partition coefficient (Wildman–Crippen LogP) is 6.13. The molecule has 3 aromatic rings. The highest BCUT2D eigenvalue weighted by Gasteiger charge is 2.59. The Hall–Kier alpha value is -4.02. The van der Waals surface area contributed by atoms with Crippen LogP contribution in [-0.4, -0.2) is 53.1 Å². The number of primary amides is 1. The number of halogens is 2. The van der Waals surface area contributed by atoms with E-state index in [-0.39, 0.29) is 31.2 Å². The number of piperidine rings is 1. The normalized spacial score (nSPS) is 17.2. The maximum atomic E-state index is 15.7. The number of nitrogens with one attached hydrogen (secondary N) is 1. The smallest absolute Gasteiger partial charge is 0.324 e. The van der Waals surface area contributed by atoms with Crippen LogP contribution >= 0.6 is 0 Å². The Labute approximate surface area is 257 Å². The molecule has 2 amide bonds. The Morgan fingerprint density at radius 2 is 1.73 bits per heavy atom. The van der Waals surface area contributed by atoms with Crippen LogP contribution in [0.4, 0.5) is 14.8 Å². The lowest BCUT2D eigenvalue weighted by Crippen LogP contribution is -2.61. The molecule has 1 fully saturated rings. The van der Waals surface area contributed by atoms with E-state index in [9.17, 15) is 9.59 Å². The summed E-state index contributed by atoms with van der Waals surface area (Å²) in [5.41, 5.74) is 6.23. The van der Waals surface area contributed by atoms with Crippen molar-refractivity contribution < 1.29 is 27.6 Å². The highest BCUT2D eigenvalue weighted by molar-refractivity contribution is 5.95. The van der Waals surface area contributed by atoms with Crippen LogP contribution in [0.2, 0.25) is 0 Å². The van der Waals surface area contributed by atoms with Crippen LogP contribution in [0.15, 0.2) is 47.0 Å². The van der Waals surface area contributed by atoms with Crippen LogP contribution in [0.5, 0.6) is 5.75 Å². The van der Waals surface area contributed by atoms with Crippen LogP contribution in [0, 0.1) is 5.92 Å². The maximum Gasteiger partial charge on any atom is 0.324 e. The molecule has 1 spiro atoms. The monoisotopic (exact) mass is 611 g/mol. The number of benzene rings is 2. The standard InChI is InChI=1S/C31H37F2N5O4.C2H6/c1-4-5-23(26(34)39)18-35-28(40)21-8-6-20(7-9-21)22-10-11-25-24(16-22)17-31(32,33)30(41-25)12-14-38(15-13-30)29-36-27(19(2)3)37-42-29;1-2/h6-11,16,19,23H,4-5,12-15,17-18H2,1-3H3,(H2,34,39)(H,35,40);1-2H3. The fourth-order valence-corrected chi connectivity index (χ4v) is 5.62. The molecule has 0 saturated carbocycles. The Balaban J connectivity index is 0.00000216. The quantitative estimate of drug-likeness (QED) is 0.299. The average Bonchev–Trinajstić information content (AvgIpc) is 3.52. The Kier molecular flexibility index (Phi) is 10.3. The molecule has 0 aliphatic carbocycles. The zero-order chi connectivity index (χ0) is 32.1. The van der Waals surface area contributed by atoms with E-state index in [1.54, 1.807) is 36.4 Å². The molecule has 3 N–H and O–H groups in total. The number of hydrogen-bond acceptors (Lipinski definition) is 7. The third kappa shape index (κ3) is 6.87. The minimum Gasteiger partial charge on any atom is -0.481 e. The molecule has 9 nitrogen and oxygen atoms in total. The number of anilines is 1. The molecular formula is C33H43F2N5O4. The summed E-state index contributed by atoms with van der Waals surface area (Å²) in [7, 11) is 0. The first-order valence-electron chi connectivity index (χ1n) is 15.5. The molecule has 1 atom stereocenters. The van der Waals surface area contributed by atoms with Crippen LogP contribution in [-0.2, 0) is 11.2 Å². The third-order valence-corrected chi connectivity index (χ3v) is 8.26.